The quantitative estimate of drug-likeness (QED) is 0.846. The summed E-state index contributed by atoms with van der Waals surface area (Å²) in [7, 11) is 1.47. The van der Waals surface area contributed by atoms with E-state index in [1.165, 1.54) is 13.3 Å². The summed E-state index contributed by atoms with van der Waals surface area (Å²) in [6, 6.07) is 9.46. The van der Waals surface area contributed by atoms with Crippen molar-refractivity contribution in [3.63, 3.8) is 0 Å². The molecule has 0 atom stereocenters. The first-order valence-corrected chi connectivity index (χ1v) is 6.96. The maximum atomic E-state index is 11.5. The predicted octanol–water partition coefficient (Wildman–Crippen LogP) is 2.01. The second kappa shape index (κ2) is 8.38. The van der Waals surface area contributed by atoms with Crippen LogP contribution in [-0.4, -0.2) is 29.7 Å². The summed E-state index contributed by atoms with van der Waals surface area (Å²) in [5.41, 5.74) is 7.09. The fourth-order valence-electron chi connectivity index (χ4n) is 1.72. The van der Waals surface area contributed by atoms with Crippen molar-refractivity contribution in [2.24, 2.45) is 0 Å². The van der Waals surface area contributed by atoms with Crippen molar-refractivity contribution in [3.05, 3.63) is 53.9 Å². The molecule has 0 radical (unpaired) electrons. The number of carbonyl (C=O) groups is 1. The molecule has 1 aromatic carbocycles. The third-order valence-electron chi connectivity index (χ3n) is 2.84. The Labute approximate surface area is 134 Å². The summed E-state index contributed by atoms with van der Waals surface area (Å²) in [6.45, 7) is 0.541. The Morgan fingerprint density at radius 1 is 1.35 bits per heavy atom. The summed E-state index contributed by atoms with van der Waals surface area (Å²) in [4.78, 5) is 19.6. The zero-order valence-corrected chi connectivity index (χ0v) is 12.7. The van der Waals surface area contributed by atoms with Crippen LogP contribution < -0.4 is 15.8 Å². The van der Waals surface area contributed by atoms with Gasteiger partial charge < -0.3 is 20.5 Å². The first-order chi connectivity index (χ1) is 11.2. The molecule has 0 aliphatic rings. The lowest BCUT2D eigenvalue weighted by molar-refractivity contribution is 0.141. The fourth-order valence-corrected chi connectivity index (χ4v) is 1.72. The summed E-state index contributed by atoms with van der Waals surface area (Å²) in [5.74, 6) is 0.495. The van der Waals surface area contributed by atoms with E-state index in [4.69, 9.17) is 15.2 Å². The van der Waals surface area contributed by atoms with Gasteiger partial charge in [0.25, 0.3) is 5.88 Å². The number of rotatable bonds is 6. The Bertz CT molecular complexity index is 674. The minimum Gasteiger partial charge on any atom is -0.478 e. The Morgan fingerprint density at radius 2 is 2.13 bits per heavy atom. The van der Waals surface area contributed by atoms with E-state index >= 15 is 0 Å². The van der Waals surface area contributed by atoms with Crippen LogP contribution in [0.2, 0.25) is 0 Å². The topological polar surface area (TPSA) is 99.4 Å². The molecule has 2 aromatic rings. The third-order valence-corrected chi connectivity index (χ3v) is 2.84. The van der Waals surface area contributed by atoms with Gasteiger partial charge in [-0.2, -0.15) is 0 Å². The second-order valence-electron chi connectivity index (χ2n) is 4.53. The van der Waals surface area contributed by atoms with Crippen LogP contribution in [0.1, 0.15) is 11.3 Å². The van der Waals surface area contributed by atoms with Gasteiger partial charge in [-0.15, -0.1) is 0 Å². The molecule has 120 valence electrons. The van der Waals surface area contributed by atoms with E-state index in [2.05, 4.69) is 15.3 Å². The molecule has 0 spiro atoms. The van der Waals surface area contributed by atoms with Crippen LogP contribution in [0.25, 0.3) is 6.08 Å². The summed E-state index contributed by atoms with van der Waals surface area (Å²) in [6.07, 6.45) is 4.46. The maximum absolute atomic E-state index is 11.5. The number of benzene rings is 1. The van der Waals surface area contributed by atoms with Crippen LogP contribution in [0.15, 0.2) is 42.6 Å². The van der Waals surface area contributed by atoms with E-state index in [1.807, 2.05) is 30.3 Å². The van der Waals surface area contributed by atoms with E-state index in [1.54, 1.807) is 12.2 Å². The number of alkyl carbamates (subject to hydrolysis) is 1. The fraction of sp³-hybridized carbons (Fsp3) is 0.188. The molecule has 0 bridgehead atoms. The minimum absolute atomic E-state index is 0.229. The van der Waals surface area contributed by atoms with Gasteiger partial charge in [0.1, 0.15) is 6.61 Å². The number of nitrogen functional groups attached to an aromatic ring is 1. The zero-order chi connectivity index (χ0) is 16.5. The van der Waals surface area contributed by atoms with Crippen LogP contribution in [0, 0.1) is 0 Å². The normalized spacial score (nSPS) is 10.5. The molecule has 1 aromatic heterocycles. The van der Waals surface area contributed by atoms with Crippen molar-refractivity contribution < 1.29 is 14.3 Å². The van der Waals surface area contributed by atoms with Gasteiger partial charge in [0.2, 0.25) is 0 Å². The smallest absolute Gasteiger partial charge is 0.407 e. The Hall–Kier alpha value is -3.09. The van der Waals surface area contributed by atoms with Crippen LogP contribution >= 0.6 is 0 Å². The van der Waals surface area contributed by atoms with Crippen LogP contribution in [-0.2, 0) is 11.3 Å². The van der Waals surface area contributed by atoms with Crippen molar-refractivity contribution in [1.29, 1.82) is 0 Å². The number of aromatic nitrogens is 2. The Kier molecular flexibility index (Phi) is 5.93. The van der Waals surface area contributed by atoms with Crippen molar-refractivity contribution in [2.45, 2.75) is 6.61 Å². The highest BCUT2D eigenvalue weighted by Gasteiger charge is 2.03. The van der Waals surface area contributed by atoms with Crippen molar-refractivity contribution in [3.8, 4) is 5.88 Å². The number of nitrogens with two attached hydrogens (primary N) is 1. The standard InChI is InChI=1S/C16H18N4O3/c1-22-15-14(17)19-10-13(20-15)8-5-9-18-16(21)23-11-12-6-3-2-4-7-12/h2-8,10H,9,11H2,1H3,(H2,17,19)(H,18,21). The molecule has 0 unspecified atom stereocenters. The molecule has 0 aliphatic heterocycles. The molecule has 2 rings (SSSR count). The molecule has 23 heavy (non-hydrogen) atoms. The molecule has 0 saturated heterocycles. The highest BCUT2D eigenvalue weighted by molar-refractivity contribution is 5.67. The van der Waals surface area contributed by atoms with E-state index in [-0.39, 0.29) is 18.3 Å². The molecule has 7 heteroatoms. The van der Waals surface area contributed by atoms with Gasteiger partial charge in [-0.1, -0.05) is 36.4 Å². The highest BCUT2D eigenvalue weighted by atomic mass is 16.5. The largest absolute Gasteiger partial charge is 0.478 e. The number of nitrogens with one attached hydrogen (secondary N) is 1. The Balaban J connectivity index is 1.74. The number of amides is 1. The van der Waals surface area contributed by atoms with Crippen LogP contribution in [0.3, 0.4) is 0 Å². The van der Waals surface area contributed by atoms with Gasteiger partial charge in [0.05, 0.1) is 19.0 Å². The van der Waals surface area contributed by atoms with Crippen molar-refractivity contribution in [2.75, 3.05) is 19.4 Å². The third kappa shape index (κ3) is 5.31. The maximum Gasteiger partial charge on any atom is 0.407 e. The monoisotopic (exact) mass is 314 g/mol. The first kappa shape index (κ1) is 16.3. The average Bonchev–Trinajstić information content (AvgIpc) is 2.59. The summed E-state index contributed by atoms with van der Waals surface area (Å²) >= 11 is 0. The number of anilines is 1. The Morgan fingerprint density at radius 3 is 2.87 bits per heavy atom. The highest BCUT2D eigenvalue weighted by Crippen LogP contribution is 2.14. The first-order valence-electron chi connectivity index (χ1n) is 6.96. The number of hydrogen-bond acceptors (Lipinski definition) is 6. The summed E-state index contributed by atoms with van der Waals surface area (Å²) < 4.78 is 10.1. The molecular formula is C16H18N4O3. The molecule has 1 amide bonds. The van der Waals surface area contributed by atoms with Crippen LogP contribution in [0.4, 0.5) is 10.6 Å². The van der Waals surface area contributed by atoms with Gasteiger partial charge in [0, 0.05) is 6.54 Å². The number of ether oxygens (including phenoxy) is 2. The van der Waals surface area contributed by atoms with Crippen molar-refractivity contribution in [1.82, 2.24) is 15.3 Å². The molecule has 7 nitrogen and oxygen atoms in total. The predicted molar refractivity (Wildman–Crippen MR) is 86.7 cm³/mol. The summed E-state index contributed by atoms with van der Waals surface area (Å²) in [5, 5.41) is 2.61. The second-order valence-corrected chi connectivity index (χ2v) is 4.53. The SMILES string of the molecule is COc1nc(C=CCNC(=O)OCc2ccccc2)cnc1N. The molecular weight excluding hydrogens is 296 g/mol. The van der Waals surface area contributed by atoms with E-state index in [9.17, 15) is 4.79 Å². The van der Waals surface area contributed by atoms with Gasteiger partial charge in [0.15, 0.2) is 5.82 Å². The molecule has 3 N–H and O–H groups in total. The average molecular weight is 314 g/mol. The number of nitrogens with zero attached hydrogens (tertiary/aromatic N) is 2. The van der Waals surface area contributed by atoms with Gasteiger partial charge in [-0.05, 0) is 11.6 Å². The number of methoxy groups -OCH3 is 1. The molecule has 0 saturated carbocycles. The van der Waals surface area contributed by atoms with E-state index in [0.717, 1.165) is 5.56 Å². The van der Waals surface area contributed by atoms with Gasteiger partial charge in [-0.3, -0.25) is 0 Å². The lowest BCUT2D eigenvalue weighted by Gasteiger charge is -2.05. The van der Waals surface area contributed by atoms with E-state index in [0.29, 0.717) is 12.2 Å². The van der Waals surface area contributed by atoms with E-state index < -0.39 is 6.09 Å². The van der Waals surface area contributed by atoms with Gasteiger partial charge in [-0.25, -0.2) is 14.8 Å². The minimum atomic E-state index is -0.487. The van der Waals surface area contributed by atoms with Gasteiger partial charge >= 0.3 is 6.09 Å². The molecule has 0 aliphatic carbocycles. The number of hydrogen-bond donors (Lipinski definition) is 2. The van der Waals surface area contributed by atoms with Crippen molar-refractivity contribution >= 4 is 18.0 Å². The molecule has 0 fully saturated rings. The number of carbonyl (C=O) groups excluding carboxylic acids is 1. The molecule has 1 heterocycles. The lowest BCUT2D eigenvalue weighted by Crippen LogP contribution is -2.24. The zero-order valence-electron chi connectivity index (χ0n) is 12.7. The van der Waals surface area contributed by atoms with Crippen LogP contribution in [0.5, 0.6) is 5.88 Å². The lowest BCUT2D eigenvalue weighted by atomic mass is 10.2.